The number of ether oxygens (including phenoxy) is 1. The standard InChI is InChI=1S/C16H24N2O2S.ClH/c1-18(16(19)11-14-12-21-10-8-17-14)9-7-13-5-3-4-6-15(13)20-2;/h3-6,14,17H,7-12H2,1-2H3;1H. The van der Waals surface area contributed by atoms with Crippen LogP contribution < -0.4 is 10.1 Å². The van der Waals surface area contributed by atoms with E-state index in [4.69, 9.17) is 4.74 Å². The quantitative estimate of drug-likeness (QED) is 0.859. The van der Waals surface area contributed by atoms with Crippen LogP contribution in [0.25, 0.3) is 0 Å². The number of benzene rings is 1. The van der Waals surface area contributed by atoms with Crippen LogP contribution in [0, 0.1) is 0 Å². The van der Waals surface area contributed by atoms with E-state index in [1.54, 1.807) is 7.11 Å². The van der Waals surface area contributed by atoms with Gasteiger partial charge in [0.05, 0.1) is 7.11 Å². The van der Waals surface area contributed by atoms with Gasteiger partial charge in [-0.25, -0.2) is 0 Å². The number of nitrogens with zero attached hydrogens (tertiary/aromatic N) is 1. The van der Waals surface area contributed by atoms with Gasteiger partial charge >= 0.3 is 0 Å². The summed E-state index contributed by atoms with van der Waals surface area (Å²) in [6.45, 7) is 1.73. The first-order valence-corrected chi connectivity index (χ1v) is 8.53. The number of carbonyl (C=O) groups is 1. The lowest BCUT2D eigenvalue weighted by Gasteiger charge is -2.25. The van der Waals surface area contributed by atoms with Crippen molar-refractivity contribution >= 4 is 30.1 Å². The smallest absolute Gasteiger partial charge is 0.223 e. The van der Waals surface area contributed by atoms with Crippen LogP contribution in [-0.2, 0) is 11.2 Å². The molecule has 0 radical (unpaired) electrons. The second-order valence-corrected chi connectivity index (χ2v) is 6.46. The third kappa shape index (κ3) is 5.71. The molecule has 2 rings (SSSR count). The molecule has 0 aromatic heterocycles. The van der Waals surface area contributed by atoms with Gasteiger partial charge in [-0.05, 0) is 18.1 Å². The molecule has 4 nitrogen and oxygen atoms in total. The van der Waals surface area contributed by atoms with E-state index in [1.165, 1.54) is 0 Å². The van der Waals surface area contributed by atoms with Crippen molar-refractivity contribution in [3.63, 3.8) is 0 Å². The molecule has 6 heteroatoms. The van der Waals surface area contributed by atoms with E-state index in [2.05, 4.69) is 11.4 Å². The molecular formula is C16H25ClN2O2S. The fourth-order valence-electron chi connectivity index (χ4n) is 2.44. The number of carbonyl (C=O) groups excluding carboxylic acids is 1. The molecule has 1 heterocycles. The minimum atomic E-state index is 0. The van der Waals surface area contributed by atoms with Crippen LogP contribution in [0.1, 0.15) is 12.0 Å². The van der Waals surface area contributed by atoms with Crippen molar-refractivity contribution in [1.82, 2.24) is 10.2 Å². The SMILES string of the molecule is COc1ccccc1CCN(C)C(=O)CC1CSCCN1.Cl. The third-order valence-corrected chi connectivity index (χ3v) is 4.89. The van der Waals surface area contributed by atoms with Crippen LogP contribution >= 0.6 is 24.2 Å². The normalized spacial score (nSPS) is 17.5. The highest BCUT2D eigenvalue weighted by Gasteiger charge is 2.19. The maximum Gasteiger partial charge on any atom is 0.223 e. The van der Waals surface area contributed by atoms with Gasteiger partial charge in [0.25, 0.3) is 0 Å². The number of hydrogen-bond acceptors (Lipinski definition) is 4. The second-order valence-electron chi connectivity index (χ2n) is 5.31. The Morgan fingerprint density at radius 3 is 2.91 bits per heavy atom. The fraction of sp³-hybridized carbons (Fsp3) is 0.562. The minimum Gasteiger partial charge on any atom is -0.496 e. The largest absolute Gasteiger partial charge is 0.496 e. The summed E-state index contributed by atoms with van der Waals surface area (Å²) < 4.78 is 5.34. The van der Waals surface area contributed by atoms with Gasteiger partial charge in [0.2, 0.25) is 5.91 Å². The molecule has 1 saturated heterocycles. The average Bonchev–Trinajstić information content (AvgIpc) is 2.53. The predicted molar refractivity (Wildman–Crippen MR) is 95.3 cm³/mol. The van der Waals surface area contributed by atoms with Gasteiger partial charge in [-0.3, -0.25) is 4.79 Å². The van der Waals surface area contributed by atoms with E-state index >= 15 is 0 Å². The molecular weight excluding hydrogens is 320 g/mol. The molecule has 1 amide bonds. The predicted octanol–water partition coefficient (Wildman–Crippen LogP) is 2.21. The van der Waals surface area contributed by atoms with Gasteiger partial charge in [0.1, 0.15) is 5.75 Å². The molecule has 1 aromatic carbocycles. The van der Waals surface area contributed by atoms with Crippen LogP contribution in [0.5, 0.6) is 5.75 Å². The summed E-state index contributed by atoms with van der Waals surface area (Å²) >= 11 is 1.92. The Labute approximate surface area is 143 Å². The van der Waals surface area contributed by atoms with Gasteiger partial charge in [0, 0.05) is 44.1 Å². The molecule has 1 fully saturated rings. The minimum absolute atomic E-state index is 0. The average molecular weight is 345 g/mol. The van der Waals surface area contributed by atoms with Gasteiger partial charge in [-0.2, -0.15) is 11.8 Å². The zero-order valence-corrected chi connectivity index (χ0v) is 14.8. The monoisotopic (exact) mass is 344 g/mol. The van der Waals surface area contributed by atoms with Crippen LogP contribution in [0.2, 0.25) is 0 Å². The number of hydrogen-bond donors (Lipinski definition) is 1. The van der Waals surface area contributed by atoms with Crippen molar-refractivity contribution in [3.05, 3.63) is 29.8 Å². The maximum atomic E-state index is 12.2. The number of halogens is 1. The summed E-state index contributed by atoms with van der Waals surface area (Å²) in [4.78, 5) is 14.1. The summed E-state index contributed by atoms with van der Waals surface area (Å²) in [7, 11) is 3.56. The Kier molecular flexibility index (Phi) is 8.68. The topological polar surface area (TPSA) is 41.6 Å². The summed E-state index contributed by atoms with van der Waals surface area (Å²) in [6, 6.07) is 8.30. The highest BCUT2D eigenvalue weighted by Crippen LogP contribution is 2.18. The summed E-state index contributed by atoms with van der Waals surface area (Å²) in [5.74, 6) is 3.29. The highest BCUT2D eigenvalue weighted by molar-refractivity contribution is 7.99. The lowest BCUT2D eigenvalue weighted by atomic mass is 10.1. The number of nitrogens with one attached hydrogen (secondary N) is 1. The number of amides is 1. The van der Waals surface area contributed by atoms with Crippen molar-refractivity contribution in [2.75, 3.05) is 38.8 Å². The van der Waals surface area contributed by atoms with Crippen molar-refractivity contribution in [2.24, 2.45) is 0 Å². The van der Waals surface area contributed by atoms with Crippen LogP contribution in [0.15, 0.2) is 24.3 Å². The maximum absolute atomic E-state index is 12.2. The number of methoxy groups -OCH3 is 1. The molecule has 1 atom stereocenters. The lowest BCUT2D eigenvalue weighted by Crippen LogP contribution is -2.42. The summed E-state index contributed by atoms with van der Waals surface area (Å²) in [5, 5.41) is 3.41. The molecule has 1 aliphatic rings. The molecule has 1 aromatic rings. The first-order valence-electron chi connectivity index (χ1n) is 7.37. The Hall–Kier alpha value is -0.910. The van der Waals surface area contributed by atoms with Gasteiger partial charge in [0.15, 0.2) is 0 Å². The Bertz CT molecular complexity index is 467. The van der Waals surface area contributed by atoms with Gasteiger partial charge in [-0.1, -0.05) is 18.2 Å². The Morgan fingerprint density at radius 2 is 2.23 bits per heavy atom. The Morgan fingerprint density at radius 1 is 1.45 bits per heavy atom. The van der Waals surface area contributed by atoms with E-state index in [1.807, 2.05) is 41.9 Å². The van der Waals surface area contributed by atoms with E-state index in [0.29, 0.717) is 12.5 Å². The van der Waals surface area contributed by atoms with E-state index < -0.39 is 0 Å². The molecule has 1 unspecified atom stereocenters. The number of para-hydroxylation sites is 1. The molecule has 0 spiro atoms. The zero-order chi connectivity index (χ0) is 15.1. The molecule has 0 aliphatic carbocycles. The Balaban J connectivity index is 0.00000242. The second kappa shape index (κ2) is 9.98. The highest BCUT2D eigenvalue weighted by atomic mass is 35.5. The summed E-state index contributed by atoms with van der Waals surface area (Å²) in [6.07, 6.45) is 1.41. The molecule has 0 bridgehead atoms. The van der Waals surface area contributed by atoms with Crippen molar-refractivity contribution in [3.8, 4) is 5.75 Å². The van der Waals surface area contributed by atoms with Crippen molar-refractivity contribution in [1.29, 1.82) is 0 Å². The first-order chi connectivity index (χ1) is 10.2. The molecule has 1 aliphatic heterocycles. The third-order valence-electron chi connectivity index (χ3n) is 3.75. The summed E-state index contributed by atoms with van der Waals surface area (Å²) in [5.41, 5.74) is 1.14. The van der Waals surface area contributed by atoms with Gasteiger partial charge in [-0.15, -0.1) is 12.4 Å². The molecule has 22 heavy (non-hydrogen) atoms. The first kappa shape index (κ1) is 19.1. The van der Waals surface area contributed by atoms with Crippen LogP contribution in [0.3, 0.4) is 0 Å². The molecule has 0 saturated carbocycles. The fourth-order valence-corrected chi connectivity index (χ4v) is 3.39. The lowest BCUT2D eigenvalue weighted by molar-refractivity contribution is -0.130. The number of rotatable bonds is 6. The number of likely N-dealkylation sites (N-methyl/N-ethyl adjacent to an activating group) is 1. The van der Waals surface area contributed by atoms with Crippen molar-refractivity contribution < 1.29 is 9.53 Å². The zero-order valence-electron chi connectivity index (χ0n) is 13.2. The van der Waals surface area contributed by atoms with Gasteiger partial charge < -0.3 is 15.0 Å². The number of thioether (sulfide) groups is 1. The van der Waals surface area contributed by atoms with Crippen molar-refractivity contribution in [2.45, 2.75) is 18.9 Å². The molecule has 124 valence electrons. The van der Waals surface area contributed by atoms with E-state index in [-0.39, 0.29) is 18.3 Å². The van der Waals surface area contributed by atoms with Crippen LogP contribution in [-0.4, -0.2) is 55.6 Å². The van der Waals surface area contributed by atoms with Crippen LogP contribution in [0.4, 0.5) is 0 Å². The van der Waals surface area contributed by atoms with E-state index in [9.17, 15) is 4.79 Å². The van der Waals surface area contributed by atoms with E-state index in [0.717, 1.165) is 42.3 Å². The molecule has 1 N–H and O–H groups in total.